The van der Waals surface area contributed by atoms with Gasteiger partial charge in [-0.25, -0.2) is 0 Å². The second kappa shape index (κ2) is 5.17. The third-order valence-corrected chi connectivity index (χ3v) is 4.63. The molecule has 0 aromatic heterocycles. The van der Waals surface area contributed by atoms with Crippen molar-refractivity contribution in [1.29, 1.82) is 0 Å². The van der Waals surface area contributed by atoms with E-state index >= 15 is 0 Å². The second-order valence-electron chi connectivity index (χ2n) is 6.51. The second-order valence-corrected chi connectivity index (χ2v) is 6.51. The van der Waals surface area contributed by atoms with Crippen LogP contribution in [-0.4, -0.2) is 35.3 Å². The van der Waals surface area contributed by atoms with Crippen LogP contribution in [0.1, 0.15) is 37.8 Å². The maximum absolute atomic E-state index is 12.5. The molecule has 1 aliphatic heterocycles. The molecule has 1 saturated heterocycles. The molecule has 1 N–H and O–H groups in total. The summed E-state index contributed by atoms with van der Waals surface area (Å²) in [6, 6.07) is 7.60. The zero-order valence-electron chi connectivity index (χ0n) is 12.8. The van der Waals surface area contributed by atoms with E-state index in [0.717, 1.165) is 6.42 Å². The summed E-state index contributed by atoms with van der Waals surface area (Å²) in [6.07, 6.45) is 1.00. The van der Waals surface area contributed by atoms with E-state index in [4.69, 9.17) is 0 Å². The molecule has 3 unspecified atom stereocenters. The Balaban J connectivity index is 1.81. The van der Waals surface area contributed by atoms with Crippen molar-refractivity contribution in [1.82, 2.24) is 10.2 Å². The fourth-order valence-electron chi connectivity index (χ4n) is 3.52. The van der Waals surface area contributed by atoms with Gasteiger partial charge in [0.2, 0.25) is 11.8 Å². The summed E-state index contributed by atoms with van der Waals surface area (Å²) in [5.74, 6) is 0.503. The number of carbonyl (C=O) groups is 2. The monoisotopic (exact) mass is 286 g/mol. The lowest BCUT2D eigenvalue weighted by Gasteiger charge is -2.43. The highest BCUT2D eigenvalue weighted by molar-refractivity contribution is 5.96. The Morgan fingerprint density at radius 2 is 2.00 bits per heavy atom. The first kappa shape index (κ1) is 14.1. The zero-order valence-corrected chi connectivity index (χ0v) is 12.8. The Labute approximate surface area is 125 Å². The molecule has 3 rings (SSSR count). The number of hydrogen-bond donors (Lipinski definition) is 1. The van der Waals surface area contributed by atoms with Crippen molar-refractivity contribution < 1.29 is 9.59 Å². The predicted octanol–water partition coefficient (Wildman–Crippen LogP) is 1.70. The number of nitrogens with zero attached hydrogens (tertiary/aromatic N) is 1. The Morgan fingerprint density at radius 3 is 2.67 bits per heavy atom. The van der Waals surface area contributed by atoms with Crippen molar-refractivity contribution in [3.63, 3.8) is 0 Å². The van der Waals surface area contributed by atoms with Gasteiger partial charge in [0, 0.05) is 12.5 Å². The lowest BCUT2D eigenvalue weighted by Crippen LogP contribution is -2.64. The van der Waals surface area contributed by atoms with E-state index in [1.54, 1.807) is 11.8 Å². The Bertz CT molecular complexity index is 582. The molecule has 3 atom stereocenters. The summed E-state index contributed by atoms with van der Waals surface area (Å²) >= 11 is 0. The number of hydrogen-bond acceptors (Lipinski definition) is 2. The summed E-state index contributed by atoms with van der Waals surface area (Å²) in [6.45, 7) is 6.40. The number of carbonyl (C=O) groups excluding carboxylic acids is 2. The number of rotatable bonds is 3. The maximum atomic E-state index is 12.5. The predicted molar refractivity (Wildman–Crippen MR) is 80.8 cm³/mol. The van der Waals surface area contributed by atoms with Gasteiger partial charge in [0.15, 0.2) is 0 Å². The van der Waals surface area contributed by atoms with Gasteiger partial charge in [-0.15, -0.1) is 0 Å². The van der Waals surface area contributed by atoms with E-state index in [0.29, 0.717) is 12.5 Å². The van der Waals surface area contributed by atoms with Crippen LogP contribution in [-0.2, 0) is 16.0 Å². The summed E-state index contributed by atoms with van der Waals surface area (Å²) in [4.78, 5) is 26.5. The molecule has 1 fully saturated rings. The summed E-state index contributed by atoms with van der Waals surface area (Å²) in [5, 5.41) is 2.79. The normalized spacial score (nSPS) is 28.2. The quantitative estimate of drug-likeness (QED) is 0.919. The molecule has 21 heavy (non-hydrogen) atoms. The first-order valence-electron chi connectivity index (χ1n) is 7.67. The van der Waals surface area contributed by atoms with Crippen molar-refractivity contribution in [3.8, 4) is 0 Å². The van der Waals surface area contributed by atoms with Crippen molar-refractivity contribution in [2.45, 2.75) is 45.2 Å². The molecular weight excluding hydrogens is 264 g/mol. The van der Waals surface area contributed by atoms with Crippen LogP contribution < -0.4 is 5.32 Å². The Hall–Kier alpha value is -1.84. The van der Waals surface area contributed by atoms with Crippen LogP contribution in [0.4, 0.5) is 0 Å². The summed E-state index contributed by atoms with van der Waals surface area (Å²) in [7, 11) is 0. The first-order chi connectivity index (χ1) is 9.99. The van der Waals surface area contributed by atoms with Gasteiger partial charge in [0.25, 0.3) is 0 Å². The number of nitrogens with one attached hydrogen (secondary N) is 1. The van der Waals surface area contributed by atoms with Crippen LogP contribution in [0.25, 0.3) is 0 Å². The molecular formula is C17H22N2O2. The van der Waals surface area contributed by atoms with E-state index < -0.39 is 6.04 Å². The molecule has 4 nitrogen and oxygen atoms in total. The molecule has 0 spiro atoms. The van der Waals surface area contributed by atoms with E-state index in [-0.39, 0.29) is 23.8 Å². The van der Waals surface area contributed by atoms with E-state index in [2.05, 4.69) is 17.4 Å². The van der Waals surface area contributed by atoms with Gasteiger partial charge < -0.3 is 10.2 Å². The number of amides is 2. The third-order valence-electron chi connectivity index (χ3n) is 4.63. The SMILES string of the molecule is CC1NC(=O)C(C(C)C)N(CC2Cc3ccccc32)C1=O. The summed E-state index contributed by atoms with van der Waals surface area (Å²) < 4.78 is 0. The van der Waals surface area contributed by atoms with E-state index in [9.17, 15) is 9.59 Å². The van der Waals surface area contributed by atoms with Gasteiger partial charge >= 0.3 is 0 Å². The highest BCUT2D eigenvalue weighted by Crippen LogP contribution is 2.36. The van der Waals surface area contributed by atoms with Gasteiger partial charge in [-0.2, -0.15) is 0 Å². The highest BCUT2D eigenvalue weighted by atomic mass is 16.2. The van der Waals surface area contributed by atoms with Crippen LogP contribution in [0.2, 0.25) is 0 Å². The average molecular weight is 286 g/mol. The Kier molecular flexibility index (Phi) is 3.47. The smallest absolute Gasteiger partial charge is 0.245 e. The fraction of sp³-hybridized carbons (Fsp3) is 0.529. The number of fused-ring (bicyclic) bond motifs is 1. The maximum Gasteiger partial charge on any atom is 0.245 e. The van der Waals surface area contributed by atoms with Crippen LogP contribution in [0.3, 0.4) is 0 Å². The van der Waals surface area contributed by atoms with Gasteiger partial charge in [0.1, 0.15) is 12.1 Å². The van der Waals surface area contributed by atoms with Crippen molar-refractivity contribution in [2.24, 2.45) is 5.92 Å². The molecule has 1 aromatic carbocycles. The fourth-order valence-corrected chi connectivity index (χ4v) is 3.52. The van der Waals surface area contributed by atoms with Crippen molar-refractivity contribution in [2.75, 3.05) is 6.54 Å². The van der Waals surface area contributed by atoms with Crippen LogP contribution in [0, 0.1) is 5.92 Å². The minimum absolute atomic E-state index is 0.0234. The molecule has 1 aliphatic carbocycles. The van der Waals surface area contributed by atoms with Crippen LogP contribution in [0.5, 0.6) is 0 Å². The average Bonchev–Trinajstić information content (AvgIpc) is 2.40. The van der Waals surface area contributed by atoms with E-state index in [1.165, 1.54) is 11.1 Å². The molecule has 0 saturated carbocycles. The zero-order chi connectivity index (χ0) is 15.1. The molecule has 1 heterocycles. The van der Waals surface area contributed by atoms with Crippen LogP contribution >= 0.6 is 0 Å². The minimum atomic E-state index is -0.414. The molecule has 2 amide bonds. The van der Waals surface area contributed by atoms with Crippen LogP contribution in [0.15, 0.2) is 24.3 Å². The molecule has 0 bridgehead atoms. The van der Waals surface area contributed by atoms with Crippen molar-refractivity contribution in [3.05, 3.63) is 35.4 Å². The standard InChI is InChI=1S/C17H22N2O2/c1-10(2)15-16(20)18-11(3)17(21)19(15)9-13-8-12-6-4-5-7-14(12)13/h4-7,10-11,13,15H,8-9H2,1-3H3,(H,18,20). The third kappa shape index (κ3) is 2.33. The molecule has 0 radical (unpaired) electrons. The first-order valence-corrected chi connectivity index (χ1v) is 7.67. The molecule has 112 valence electrons. The Morgan fingerprint density at radius 1 is 1.29 bits per heavy atom. The molecule has 2 aliphatic rings. The number of benzene rings is 1. The van der Waals surface area contributed by atoms with Gasteiger partial charge in [-0.3, -0.25) is 9.59 Å². The van der Waals surface area contributed by atoms with Gasteiger partial charge in [0.05, 0.1) is 0 Å². The highest BCUT2D eigenvalue weighted by Gasteiger charge is 2.42. The van der Waals surface area contributed by atoms with Gasteiger partial charge in [-0.1, -0.05) is 38.1 Å². The van der Waals surface area contributed by atoms with E-state index in [1.807, 2.05) is 26.0 Å². The molecule has 1 aromatic rings. The van der Waals surface area contributed by atoms with Gasteiger partial charge in [-0.05, 0) is 30.4 Å². The lowest BCUT2D eigenvalue weighted by atomic mass is 9.77. The number of piperazine rings is 1. The topological polar surface area (TPSA) is 49.4 Å². The lowest BCUT2D eigenvalue weighted by molar-refractivity contribution is -0.151. The van der Waals surface area contributed by atoms with Crippen molar-refractivity contribution >= 4 is 11.8 Å². The molecule has 4 heteroatoms. The summed E-state index contributed by atoms with van der Waals surface area (Å²) in [5.41, 5.74) is 2.69. The minimum Gasteiger partial charge on any atom is -0.343 e. The largest absolute Gasteiger partial charge is 0.343 e.